The normalized spacial score (nSPS) is 14.6. The van der Waals surface area contributed by atoms with E-state index in [1.807, 2.05) is 30.3 Å². The fourth-order valence-electron chi connectivity index (χ4n) is 17.5. The van der Waals surface area contributed by atoms with Crippen molar-refractivity contribution in [3.05, 3.63) is 332 Å². The van der Waals surface area contributed by atoms with Crippen molar-refractivity contribution < 1.29 is 15.1 Å². The van der Waals surface area contributed by atoms with Gasteiger partial charge in [-0.25, -0.2) is 0 Å². The second kappa shape index (κ2) is 23.8. The van der Waals surface area contributed by atoms with Gasteiger partial charge < -0.3 is 0 Å². The predicted octanol–water partition coefficient (Wildman–Crippen LogP) is 25.6. The molecule has 6 heteroatoms. The fraction of sp³-hybridized carbons (Fsp3) is 0.118. The Labute approximate surface area is 652 Å². The molecule has 19 aromatic rings. The Hall–Kier alpha value is -11.9. The molecule has 2 aliphatic heterocycles. The van der Waals surface area contributed by atoms with Crippen molar-refractivity contribution in [3.8, 4) is 55.9 Å². The second-order valence-corrected chi connectivity index (χ2v) is 34.6. The van der Waals surface area contributed by atoms with Crippen LogP contribution in [0.5, 0.6) is 0 Å². The van der Waals surface area contributed by atoms with Gasteiger partial charge in [-0.1, -0.05) is 18.2 Å². The summed E-state index contributed by atoms with van der Waals surface area (Å²) in [5.74, 6) is 0. The molecule has 2 aliphatic rings. The first-order valence-electron chi connectivity index (χ1n) is 42.8. The zero-order valence-corrected chi connectivity index (χ0v) is 63.2. The molecule has 0 unspecified atom stereocenters. The van der Waals surface area contributed by atoms with Crippen molar-refractivity contribution >= 4 is 156 Å². The zero-order chi connectivity index (χ0) is 82.4. The molecule has 3 aromatic heterocycles. The van der Waals surface area contributed by atoms with Crippen molar-refractivity contribution in [2.24, 2.45) is 0 Å². The molecule has 0 fully saturated rings. The van der Waals surface area contributed by atoms with E-state index in [4.69, 9.17) is 2.74 Å². The van der Waals surface area contributed by atoms with Crippen molar-refractivity contribution in [2.75, 3.05) is 9.80 Å². The summed E-state index contributed by atoms with van der Waals surface area (Å²) in [6.07, 6.45) is 0. The third kappa shape index (κ3) is 9.75. The number of hydrogen-bond acceptors (Lipinski definition) is 2. The monoisotopic (exact) mass is 1460 g/mol. The van der Waals surface area contributed by atoms with Crippen LogP contribution >= 0.6 is 0 Å². The first-order chi connectivity index (χ1) is 57.1. The Kier molecular flexibility index (Phi) is 11.8. The van der Waals surface area contributed by atoms with Gasteiger partial charge in [-0.3, -0.25) is 0 Å². The van der Waals surface area contributed by atoms with Crippen LogP contribution in [0.25, 0.3) is 141 Å². The summed E-state index contributed by atoms with van der Waals surface area (Å²) >= 11 is -0.760. The van der Waals surface area contributed by atoms with E-state index in [0.29, 0.717) is 16.8 Å². The number of benzene rings is 16. The number of rotatable bonds is 8. The average molecular weight is 1460 g/mol. The number of fused-ring (bicyclic) bond motifs is 13. The third-order valence-corrected chi connectivity index (χ3v) is 25.3. The molecule has 0 saturated heterocycles. The molecule has 0 aliphatic carbocycles. The minimum absolute atomic E-state index is 0.0132. The molecule has 4 nitrogen and oxygen atoms in total. The van der Waals surface area contributed by atoms with E-state index in [2.05, 4.69) is 295 Å². The van der Waals surface area contributed by atoms with Gasteiger partial charge in [-0.2, -0.15) is 0 Å². The number of para-hydroxylation sites is 3. The third-order valence-electron chi connectivity index (χ3n) is 22.8. The summed E-state index contributed by atoms with van der Waals surface area (Å²) in [6, 6.07) is 84.6. The molecule has 516 valence electrons. The number of aromatic nitrogens is 2. The van der Waals surface area contributed by atoms with E-state index >= 15 is 0 Å². The van der Waals surface area contributed by atoms with Crippen molar-refractivity contribution in [1.29, 1.82) is 0 Å². The van der Waals surface area contributed by atoms with Gasteiger partial charge in [-0.05, 0) is 10.8 Å². The second-order valence-electron chi connectivity index (χ2n) is 32.3. The van der Waals surface area contributed by atoms with Crippen LogP contribution in [0.1, 0.15) is 94.1 Å². The molecule has 0 amide bonds. The summed E-state index contributed by atoms with van der Waals surface area (Å²) in [6.45, 7) is 19.5. The molecule has 21 rings (SSSR count). The molecular weight excluding hydrogens is 1370 g/mol. The maximum absolute atomic E-state index is 12.1. The predicted molar refractivity (Wildman–Crippen MR) is 465 cm³/mol. The van der Waals surface area contributed by atoms with Gasteiger partial charge in [0.05, 0.1) is 0 Å². The van der Waals surface area contributed by atoms with Gasteiger partial charge in [0.1, 0.15) is 0 Å². The van der Waals surface area contributed by atoms with Crippen LogP contribution in [0, 0.1) is 0 Å². The first kappa shape index (κ1) is 53.8. The summed E-state index contributed by atoms with van der Waals surface area (Å²) in [4.78, 5) is 4.86. The van der Waals surface area contributed by atoms with Gasteiger partial charge >= 0.3 is 628 Å². The molecule has 0 N–H and O–H groups in total. The minimum atomic E-state index is -0.827. The van der Waals surface area contributed by atoms with Crippen molar-refractivity contribution in [3.63, 3.8) is 0 Å². The van der Waals surface area contributed by atoms with E-state index in [-0.39, 0.29) is 56.5 Å². The molecular formula is C102H79BN4Se. The van der Waals surface area contributed by atoms with Crippen molar-refractivity contribution in [2.45, 2.75) is 78.6 Å². The van der Waals surface area contributed by atoms with Gasteiger partial charge in [0.2, 0.25) is 0 Å². The Bertz CT molecular complexity index is 7410. The Morgan fingerprint density at radius 3 is 1.35 bits per heavy atom. The average Bonchev–Trinajstić information content (AvgIpc) is 1.67. The van der Waals surface area contributed by atoms with E-state index < -0.39 is 75.0 Å². The summed E-state index contributed by atoms with van der Waals surface area (Å²) in [7, 11) is 0. The van der Waals surface area contributed by atoms with Crippen LogP contribution in [-0.2, 0) is 16.2 Å². The van der Waals surface area contributed by atoms with Crippen LogP contribution in [0.15, 0.2) is 315 Å². The topological polar surface area (TPSA) is 16.3 Å². The molecule has 5 heterocycles. The van der Waals surface area contributed by atoms with E-state index in [1.54, 1.807) is 4.57 Å². The number of anilines is 6. The molecule has 0 atom stereocenters. The molecule has 0 bridgehead atoms. The van der Waals surface area contributed by atoms with Crippen LogP contribution < -0.4 is 25.1 Å². The van der Waals surface area contributed by atoms with Crippen LogP contribution in [0.3, 0.4) is 0 Å². The molecule has 16 aromatic carbocycles. The molecule has 0 saturated carbocycles. The Balaban J connectivity index is 0.976. The summed E-state index contributed by atoms with van der Waals surface area (Å²) in [5, 5.41) is 9.43. The van der Waals surface area contributed by atoms with Gasteiger partial charge in [0, 0.05) is 0 Å². The summed E-state index contributed by atoms with van der Waals surface area (Å²) in [5.41, 5.74) is 17.9. The molecule has 0 radical (unpaired) electrons. The number of hydrogen-bond donors (Lipinski definition) is 0. The van der Waals surface area contributed by atoms with Gasteiger partial charge in [0.15, 0.2) is 0 Å². The fourth-order valence-corrected chi connectivity index (χ4v) is 20.4. The van der Waals surface area contributed by atoms with E-state index in [1.165, 1.54) is 5.39 Å². The number of nitrogens with zero attached hydrogens (tertiary/aromatic N) is 4. The van der Waals surface area contributed by atoms with E-state index in [9.17, 15) is 12.3 Å². The molecule has 108 heavy (non-hydrogen) atoms. The van der Waals surface area contributed by atoms with Crippen molar-refractivity contribution in [1.82, 2.24) is 9.13 Å². The zero-order valence-electron chi connectivity index (χ0n) is 72.4. The van der Waals surface area contributed by atoms with Crippen LogP contribution in [0.2, 0.25) is 0 Å². The quantitative estimate of drug-likeness (QED) is 0.111. The Morgan fingerprint density at radius 2 is 0.796 bits per heavy atom. The SMILES string of the molecule is [2H]c1c([2H])c(-n2c3ccccc3c3c4ccc5cccc6ccc(cc32)c4c65)c([2H])c2c1B1c3[se]c4cc(-n5c6c([2H])c([2H])c([2H])c([2H])c6c6c([2H])c([2H])c([2H])c([2H])c65)ccc4c3N(c3c(-c4ccccc4)cc(C(C)(C)C)cc3-c3ccccc3)c3cc(C(C)(C)C)cc(c31)N2c1c(-c2ccccc2)cc(C(C)(C)C)cc1-c1ccccc1. The van der Waals surface area contributed by atoms with Gasteiger partial charge in [-0.15, -0.1) is 0 Å². The van der Waals surface area contributed by atoms with Crippen LogP contribution in [0.4, 0.5) is 34.1 Å². The first-order valence-corrected chi connectivity index (χ1v) is 39.0. The molecule has 0 spiro atoms. The standard InChI is InChI=1S/C102H79BN4Se/c1-100(2,3)69-54-79(62-29-14-10-15-30-62)96(80(55-69)63-31-16-11-17-32-63)106-87-60-72(105-86-44-27-24-41-76(86)94-78-50-47-67-38-28-37-66-45-46-68(53-88(94)105)93(78)92(66)67)49-52-83(87)103-95-89(106)58-71(102(7,8)9)59-90(95)107(97-81(64-33-18-12-19-34-64)56-70(101(4,5)6)57-82(97)65-35-20-13-21-36-65)98-77-51-48-73(61-91(77)108-99(98)103)104-84-42-25-22-39-74(84)75-40-23-26-43-85(75)104/h10-61H,1-9H3/i22D,23D,25D,26D,39D,40D,42D,43D,49D,52D,60D. The van der Waals surface area contributed by atoms with Gasteiger partial charge in [0.25, 0.3) is 0 Å². The summed E-state index contributed by atoms with van der Waals surface area (Å²) < 4.78 is 116. The van der Waals surface area contributed by atoms with Crippen LogP contribution in [-0.4, -0.2) is 30.4 Å². The van der Waals surface area contributed by atoms with E-state index in [0.717, 1.165) is 158 Å². The maximum atomic E-state index is 12.1. The Morgan fingerprint density at radius 1 is 0.324 bits per heavy atom.